The molecular formula is C17H22N2O5. The molecule has 2 rings (SSSR count). The van der Waals surface area contributed by atoms with Gasteiger partial charge in [-0.15, -0.1) is 0 Å². The number of nitro benzene ring substituents is 1. The van der Waals surface area contributed by atoms with Crippen molar-refractivity contribution in [2.45, 2.75) is 39.2 Å². The molecule has 1 amide bonds. The number of hydrogen-bond donors (Lipinski definition) is 1. The highest BCUT2D eigenvalue weighted by atomic mass is 16.6. The van der Waals surface area contributed by atoms with Crippen molar-refractivity contribution in [2.75, 3.05) is 6.61 Å². The Hall–Kier alpha value is -2.44. The van der Waals surface area contributed by atoms with Crippen LogP contribution in [-0.4, -0.2) is 29.8 Å². The minimum Gasteiger partial charge on any atom is -0.483 e. The Kier molecular flexibility index (Phi) is 5.89. The third-order valence-corrected chi connectivity index (χ3v) is 4.74. The van der Waals surface area contributed by atoms with Gasteiger partial charge in [0.1, 0.15) is 5.75 Å². The van der Waals surface area contributed by atoms with Gasteiger partial charge in [-0.2, -0.15) is 0 Å². The Morgan fingerprint density at radius 3 is 2.83 bits per heavy atom. The van der Waals surface area contributed by atoms with Crippen LogP contribution >= 0.6 is 0 Å². The van der Waals surface area contributed by atoms with Gasteiger partial charge in [0.15, 0.2) is 12.9 Å². The molecule has 0 radical (unpaired) electrons. The number of rotatable bonds is 6. The fourth-order valence-corrected chi connectivity index (χ4v) is 3.05. The second kappa shape index (κ2) is 7.90. The molecule has 1 aromatic rings. The number of nitrogens with zero attached hydrogens (tertiary/aromatic N) is 1. The van der Waals surface area contributed by atoms with Gasteiger partial charge in [0.25, 0.3) is 11.6 Å². The number of carbonyl (C=O) groups excluding carboxylic acids is 2. The zero-order valence-corrected chi connectivity index (χ0v) is 13.9. The SMILES string of the molecule is C[C@@H]1[C@H](C)CCC[C@@H]1NC(=O)COc1ccc([N+](=O)[O-])cc1C=O. The Morgan fingerprint density at radius 2 is 2.17 bits per heavy atom. The Morgan fingerprint density at radius 1 is 1.42 bits per heavy atom. The van der Waals surface area contributed by atoms with E-state index >= 15 is 0 Å². The molecular weight excluding hydrogens is 312 g/mol. The molecule has 7 nitrogen and oxygen atoms in total. The number of benzene rings is 1. The number of carbonyl (C=O) groups is 2. The summed E-state index contributed by atoms with van der Waals surface area (Å²) in [5.74, 6) is 0.890. The third kappa shape index (κ3) is 4.31. The lowest BCUT2D eigenvalue weighted by atomic mass is 9.78. The van der Waals surface area contributed by atoms with Gasteiger partial charge in [0.05, 0.1) is 10.5 Å². The van der Waals surface area contributed by atoms with Crippen LogP contribution in [0.4, 0.5) is 5.69 Å². The highest BCUT2D eigenvalue weighted by Crippen LogP contribution is 2.29. The Balaban J connectivity index is 1.94. The predicted molar refractivity (Wildman–Crippen MR) is 88.1 cm³/mol. The van der Waals surface area contributed by atoms with E-state index in [1.54, 1.807) is 0 Å². The minimum atomic E-state index is -0.588. The number of aldehydes is 1. The van der Waals surface area contributed by atoms with Crippen LogP contribution in [0.2, 0.25) is 0 Å². The summed E-state index contributed by atoms with van der Waals surface area (Å²) in [4.78, 5) is 33.2. The van der Waals surface area contributed by atoms with Crippen molar-refractivity contribution in [3.05, 3.63) is 33.9 Å². The molecule has 1 saturated carbocycles. The number of amides is 1. The van der Waals surface area contributed by atoms with Gasteiger partial charge in [-0.05, 0) is 24.3 Å². The number of non-ortho nitro benzene ring substituents is 1. The highest BCUT2D eigenvalue weighted by Gasteiger charge is 2.28. The fraction of sp³-hybridized carbons (Fsp3) is 0.529. The highest BCUT2D eigenvalue weighted by molar-refractivity contribution is 5.82. The second-order valence-corrected chi connectivity index (χ2v) is 6.33. The molecule has 0 aliphatic heterocycles. The van der Waals surface area contributed by atoms with Crippen molar-refractivity contribution in [1.29, 1.82) is 0 Å². The average molecular weight is 334 g/mol. The normalized spacial score (nSPS) is 23.3. The van der Waals surface area contributed by atoms with E-state index in [4.69, 9.17) is 4.74 Å². The number of ether oxygens (including phenoxy) is 1. The zero-order chi connectivity index (χ0) is 17.7. The minimum absolute atomic E-state index is 0.0525. The van der Waals surface area contributed by atoms with E-state index in [-0.39, 0.29) is 35.6 Å². The van der Waals surface area contributed by atoms with E-state index in [0.29, 0.717) is 18.1 Å². The summed E-state index contributed by atoms with van der Waals surface area (Å²) in [6, 6.07) is 3.84. The molecule has 0 saturated heterocycles. The quantitative estimate of drug-likeness (QED) is 0.490. The largest absolute Gasteiger partial charge is 0.483 e. The number of nitro groups is 1. The van der Waals surface area contributed by atoms with E-state index in [0.717, 1.165) is 18.9 Å². The monoisotopic (exact) mass is 334 g/mol. The van der Waals surface area contributed by atoms with E-state index in [9.17, 15) is 19.7 Å². The van der Waals surface area contributed by atoms with Gasteiger partial charge in [-0.3, -0.25) is 19.7 Å². The third-order valence-electron chi connectivity index (χ3n) is 4.74. The smallest absolute Gasteiger partial charge is 0.270 e. The summed E-state index contributed by atoms with van der Waals surface area (Å²) < 4.78 is 5.36. The van der Waals surface area contributed by atoms with Crippen LogP contribution in [0.25, 0.3) is 0 Å². The Labute approximate surface area is 140 Å². The van der Waals surface area contributed by atoms with Gasteiger partial charge in [-0.1, -0.05) is 26.7 Å². The summed E-state index contributed by atoms with van der Waals surface area (Å²) in [5.41, 5.74) is -0.143. The lowest BCUT2D eigenvalue weighted by Gasteiger charge is -2.34. The molecule has 1 fully saturated rings. The molecule has 0 heterocycles. The molecule has 0 spiro atoms. The fourth-order valence-electron chi connectivity index (χ4n) is 3.05. The maximum absolute atomic E-state index is 12.1. The van der Waals surface area contributed by atoms with Gasteiger partial charge in [0.2, 0.25) is 0 Å². The topological polar surface area (TPSA) is 98.5 Å². The molecule has 1 aliphatic rings. The van der Waals surface area contributed by atoms with Gasteiger partial charge >= 0.3 is 0 Å². The van der Waals surface area contributed by atoms with Crippen molar-refractivity contribution < 1.29 is 19.2 Å². The molecule has 24 heavy (non-hydrogen) atoms. The lowest BCUT2D eigenvalue weighted by Crippen LogP contribution is -2.45. The first-order chi connectivity index (χ1) is 11.4. The van der Waals surface area contributed by atoms with Crippen LogP contribution in [0.15, 0.2) is 18.2 Å². The van der Waals surface area contributed by atoms with E-state index in [1.807, 2.05) is 0 Å². The maximum atomic E-state index is 12.1. The van der Waals surface area contributed by atoms with Crippen molar-refractivity contribution in [2.24, 2.45) is 11.8 Å². The molecule has 1 aliphatic carbocycles. The molecule has 1 N–H and O–H groups in total. The summed E-state index contributed by atoms with van der Waals surface area (Å²) in [6.45, 7) is 4.10. The van der Waals surface area contributed by atoms with Gasteiger partial charge in [-0.25, -0.2) is 0 Å². The number of hydrogen-bond acceptors (Lipinski definition) is 5. The molecule has 3 atom stereocenters. The van der Waals surface area contributed by atoms with Crippen LogP contribution in [0.3, 0.4) is 0 Å². The zero-order valence-electron chi connectivity index (χ0n) is 13.9. The van der Waals surface area contributed by atoms with E-state index in [1.165, 1.54) is 18.6 Å². The van der Waals surface area contributed by atoms with Crippen LogP contribution < -0.4 is 10.1 Å². The standard InChI is InChI=1S/C17H22N2O5/c1-11-4-3-5-15(12(11)2)18-17(21)10-24-16-7-6-14(19(22)23)8-13(16)9-20/h6-9,11-12,15H,3-5,10H2,1-2H3,(H,18,21)/t11-,12-,15+/m1/s1. The van der Waals surface area contributed by atoms with Crippen LogP contribution in [0.5, 0.6) is 5.75 Å². The van der Waals surface area contributed by atoms with Crippen LogP contribution in [0, 0.1) is 22.0 Å². The first-order valence-electron chi connectivity index (χ1n) is 8.08. The summed E-state index contributed by atoms with van der Waals surface area (Å²) in [5, 5.41) is 13.7. The number of nitrogens with one attached hydrogen (secondary N) is 1. The molecule has 0 unspecified atom stereocenters. The summed E-state index contributed by atoms with van der Waals surface area (Å²) >= 11 is 0. The summed E-state index contributed by atoms with van der Waals surface area (Å²) in [6.07, 6.45) is 3.70. The molecule has 0 bridgehead atoms. The van der Waals surface area contributed by atoms with Gasteiger partial charge in [0, 0.05) is 18.2 Å². The van der Waals surface area contributed by atoms with E-state index < -0.39 is 4.92 Å². The van der Waals surface area contributed by atoms with Crippen molar-refractivity contribution in [3.63, 3.8) is 0 Å². The first-order valence-corrected chi connectivity index (χ1v) is 8.08. The Bertz CT molecular complexity index is 631. The first kappa shape index (κ1) is 17.9. The second-order valence-electron chi connectivity index (χ2n) is 6.33. The van der Waals surface area contributed by atoms with Crippen molar-refractivity contribution in [3.8, 4) is 5.75 Å². The lowest BCUT2D eigenvalue weighted by molar-refractivity contribution is -0.384. The maximum Gasteiger partial charge on any atom is 0.270 e. The van der Waals surface area contributed by atoms with Gasteiger partial charge < -0.3 is 10.1 Å². The van der Waals surface area contributed by atoms with Crippen molar-refractivity contribution in [1.82, 2.24) is 5.32 Å². The van der Waals surface area contributed by atoms with Crippen LogP contribution in [0.1, 0.15) is 43.5 Å². The molecule has 7 heteroatoms. The molecule has 0 aromatic heterocycles. The van der Waals surface area contributed by atoms with Crippen molar-refractivity contribution >= 4 is 17.9 Å². The summed E-state index contributed by atoms with van der Waals surface area (Å²) in [7, 11) is 0. The van der Waals surface area contributed by atoms with E-state index in [2.05, 4.69) is 19.2 Å². The molecule has 1 aromatic carbocycles. The predicted octanol–water partition coefficient (Wildman–Crippen LogP) is 2.73. The molecule has 130 valence electrons. The average Bonchev–Trinajstić information content (AvgIpc) is 2.56. The van der Waals surface area contributed by atoms with Crippen LogP contribution in [-0.2, 0) is 4.79 Å².